The number of benzene rings is 2. The Hall–Kier alpha value is -3.28. The molecule has 2 N–H and O–H groups in total. The number of nitrogens with one attached hydrogen (secondary N) is 2. The maximum atomic E-state index is 12.7. The Bertz CT molecular complexity index is 1020. The lowest BCUT2D eigenvalue weighted by molar-refractivity contribution is -0.120. The van der Waals surface area contributed by atoms with Crippen LogP contribution in [0.3, 0.4) is 0 Å². The number of amides is 2. The number of fused-ring (bicyclic) bond motifs is 1. The van der Waals surface area contributed by atoms with E-state index in [9.17, 15) is 9.59 Å². The van der Waals surface area contributed by atoms with Crippen LogP contribution in [0.1, 0.15) is 42.7 Å². The minimum atomic E-state index is -0.392. The van der Waals surface area contributed by atoms with Crippen LogP contribution in [-0.2, 0) is 4.79 Å². The van der Waals surface area contributed by atoms with Gasteiger partial charge in [0.05, 0.1) is 12.5 Å². The highest BCUT2D eigenvalue weighted by Gasteiger charge is 2.24. The fourth-order valence-electron chi connectivity index (χ4n) is 3.82. The zero-order valence-electron chi connectivity index (χ0n) is 16.4. The molecule has 0 spiro atoms. The van der Waals surface area contributed by atoms with Crippen molar-refractivity contribution in [2.45, 2.75) is 32.1 Å². The van der Waals surface area contributed by atoms with Gasteiger partial charge >= 0.3 is 0 Å². The van der Waals surface area contributed by atoms with Crippen molar-refractivity contribution in [2.75, 3.05) is 17.7 Å². The van der Waals surface area contributed by atoms with E-state index in [4.69, 9.17) is 9.15 Å². The van der Waals surface area contributed by atoms with Gasteiger partial charge in [0.1, 0.15) is 5.58 Å². The van der Waals surface area contributed by atoms with Crippen LogP contribution in [0.15, 0.2) is 52.9 Å². The summed E-state index contributed by atoms with van der Waals surface area (Å²) in [5.41, 5.74) is 1.86. The van der Waals surface area contributed by atoms with Crippen LogP contribution in [0, 0.1) is 5.92 Å². The van der Waals surface area contributed by atoms with Gasteiger partial charge in [0, 0.05) is 17.3 Å². The normalized spacial score (nSPS) is 14.5. The van der Waals surface area contributed by atoms with E-state index in [-0.39, 0.29) is 17.6 Å². The molecule has 0 atom stereocenters. The summed E-state index contributed by atoms with van der Waals surface area (Å²) in [5, 5.41) is 6.44. The number of para-hydroxylation sites is 1. The van der Waals surface area contributed by atoms with Crippen molar-refractivity contribution in [2.24, 2.45) is 5.92 Å². The van der Waals surface area contributed by atoms with Gasteiger partial charge in [0.15, 0.2) is 5.75 Å². The predicted molar refractivity (Wildman–Crippen MR) is 112 cm³/mol. The van der Waals surface area contributed by atoms with Crippen molar-refractivity contribution in [3.05, 3.63) is 54.3 Å². The minimum absolute atomic E-state index is 0.0496. The molecule has 3 aromatic rings. The molecule has 1 saturated carbocycles. The number of ether oxygens (including phenoxy) is 1. The van der Waals surface area contributed by atoms with E-state index >= 15 is 0 Å². The van der Waals surface area contributed by atoms with Gasteiger partial charge < -0.3 is 19.8 Å². The zero-order valence-corrected chi connectivity index (χ0v) is 16.4. The molecule has 1 fully saturated rings. The Morgan fingerprint density at radius 3 is 2.45 bits per heavy atom. The van der Waals surface area contributed by atoms with Gasteiger partial charge in [0.2, 0.25) is 11.7 Å². The molecule has 0 unspecified atom stereocenters. The highest BCUT2D eigenvalue weighted by Crippen LogP contribution is 2.35. The van der Waals surface area contributed by atoms with Gasteiger partial charge in [-0.3, -0.25) is 9.59 Å². The van der Waals surface area contributed by atoms with E-state index in [1.165, 1.54) is 13.5 Å². The monoisotopic (exact) mass is 392 g/mol. The molecule has 2 amide bonds. The Balaban J connectivity index is 1.58. The number of methoxy groups -OCH3 is 1. The molecule has 29 heavy (non-hydrogen) atoms. The summed E-state index contributed by atoms with van der Waals surface area (Å²) >= 11 is 0. The first-order valence-corrected chi connectivity index (χ1v) is 9.93. The summed E-state index contributed by atoms with van der Waals surface area (Å²) in [6, 6.07) is 14.5. The van der Waals surface area contributed by atoms with Crippen LogP contribution in [0.25, 0.3) is 11.0 Å². The van der Waals surface area contributed by atoms with Crippen LogP contribution in [-0.4, -0.2) is 18.9 Å². The summed E-state index contributed by atoms with van der Waals surface area (Å²) < 4.78 is 11.2. The second kappa shape index (κ2) is 8.39. The third-order valence-electron chi connectivity index (χ3n) is 5.33. The molecule has 1 aliphatic rings. The molecular formula is C23H24N2O4. The number of carbonyl (C=O) groups is 2. The van der Waals surface area contributed by atoms with Gasteiger partial charge in [-0.15, -0.1) is 0 Å². The smallest absolute Gasteiger partial charge is 0.295 e. The van der Waals surface area contributed by atoms with E-state index in [0.717, 1.165) is 25.7 Å². The quantitative estimate of drug-likeness (QED) is 0.624. The van der Waals surface area contributed by atoms with Crippen LogP contribution in [0.4, 0.5) is 11.4 Å². The van der Waals surface area contributed by atoms with Gasteiger partial charge in [-0.2, -0.15) is 0 Å². The SMILES string of the molecule is COc1c(C(=O)Nc2ccccc2)oc2ccc(NC(=O)C3CCCCC3)cc12. The van der Waals surface area contributed by atoms with E-state index in [1.807, 2.05) is 18.2 Å². The molecule has 6 nitrogen and oxygen atoms in total. The van der Waals surface area contributed by atoms with Gasteiger partial charge in [0.25, 0.3) is 5.91 Å². The minimum Gasteiger partial charge on any atom is -0.492 e. The summed E-state index contributed by atoms with van der Waals surface area (Å²) in [7, 11) is 1.50. The van der Waals surface area contributed by atoms with Crippen LogP contribution >= 0.6 is 0 Å². The first-order chi connectivity index (χ1) is 14.2. The third kappa shape index (κ3) is 4.11. The Morgan fingerprint density at radius 2 is 1.72 bits per heavy atom. The van der Waals surface area contributed by atoms with Crippen LogP contribution < -0.4 is 15.4 Å². The molecule has 0 aliphatic heterocycles. The molecular weight excluding hydrogens is 368 g/mol. The average molecular weight is 392 g/mol. The maximum Gasteiger partial charge on any atom is 0.295 e. The molecule has 4 rings (SSSR count). The highest BCUT2D eigenvalue weighted by molar-refractivity contribution is 6.08. The van der Waals surface area contributed by atoms with Crippen molar-refractivity contribution < 1.29 is 18.7 Å². The van der Waals surface area contributed by atoms with Crippen molar-refractivity contribution in [3.8, 4) is 5.75 Å². The zero-order chi connectivity index (χ0) is 20.2. The van der Waals surface area contributed by atoms with E-state index in [1.54, 1.807) is 30.3 Å². The second-order valence-corrected chi connectivity index (χ2v) is 7.32. The van der Waals surface area contributed by atoms with Crippen molar-refractivity contribution in [3.63, 3.8) is 0 Å². The Labute approximate surface area is 169 Å². The van der Waals surface area contributed by atoms with E-state index < -0.39 is 5.91 Å². The number of carbonyl (C=O) groups excluding carboxylic acids is 2. The van der Waals surface area contributed by atoms with Crippen molar-refractivity contribution in [1.29, 1.82) is 0 Å². The molecule has 0 saturated heterocycles. The molecule has 0 radical (unpaired) electrons. The van der Waals surface area contributed by atoms with Crippen molar-refractivity contribution >= 4 is 34.2 Å². The lowest BCUT2D eigenvalue weighted by atomic mass is 9.88. The predicted octanol–water partition coefficient (Wildman–Crippen LogP) is 5.21. The molecule has 2 aromatic carbocycles. The molecule has 1 aliphatic carbocycles. The first kappa shape index (κ1) is 19.1. The molecule has 1 heterocycles. The molecule has 6 heteroatoms. The van der Waals surface area contributed by atoms with E-state index in [2.05, 4.69) is 10.6 Å². The topological polar surface area (TPSA) is 80.6 Å². The van der Waals surface area contributed by atoms with Crippen LogP contribution in [0.5, 0.6) is 5.75 Å². The lowest BCUT2D eigenvalue weighted by Crippen LogP contribution is -2.24. The van der Waals surface area contributed by atoms with Crippen molar-refractivity contribution in [1.82, 2.24) is 0 Å². The number of hydrogen-bond acceptors (Lipinski definition) is 4. The summed E-state index contributed by atoms with van der Waals surface area (Å²) in [5.74, 6) is 0.174. The van der Waals surface area contributed by atoms with Gasteiger partial charge in [-0.25, -0.2) is 0 Å². The lowest BCUT2D eigenvalue weighted by Gasteiger charge is -2.20. The number of rotatable bonds is 5. The summed E-state index contributed by atoms with van der Waals surface area (Å²) in [4.78, 5) is 25.2. The molecule has 1 aromatic heterocycles. The highest BCUT2D eigenvalue weighted by atomic mass is 16.5. The van der Waals surface area contributed by atoms with Gasteiger partial charge in [-0.05, 0) is 43.2 Å². The summed E-state index contributed by atoms with van der Waals surface area (Å²) in [6.45, 7) is 0. The number of furan rings is 1. The van der Waals surface area contributed by atoms with Crippen LogP contribution in [0.2, 0.25) is 0 Å². The maximum absolute atomic E-state index is 12.7. The van der Waals surface area contributed by atoms with Gasteiger partial charge in [-0.1, -0.05) is 37.5 Å². The van der Waals surface area contributed by atoms with E-state index in [0.29, 0.717) is 28.1 Å². The first-order valence-electron chi connectivity index (χ1n) is 9.93. The summed E-state index contributed by atoms with van der Waals surface area (Å²) in [6.07, 6.45) is 5.29. The Morgan fingerprint density at radius 1 is 0.966 bits per heavy atom. The fourth-order valence-corrected chi connectivity index (χ4v) is 3.82. The second-order valence-electron chi connectivity index (χ2n) is 7.32. The fraction of sp³-hybridized carbons (Fsp3) is 0.304. The average Bonchev–Trinajstić information content (AvgIpc) is 3.13. The largest absolute Gasteiger partial charge is 0.492 e. The molecule has 0 bridgehead atoms. The third-order valence-corrected chi connectivity index (χ3v) is 5.33. The number of anilines is 2. The number of hydrogen-bond donors (Lipinski definition) is 2. The Kier molecular flexibility index (Phi) is 5.51. The standard InChI is InChI=1S/C23H24N2O4/c1-28-20-18-14-17(25-22(26)15-8-4-2-5-9-15)12-13-19(18)29-21(20)23(27)24-16-10-6-3-7-11-16/h3,6-7,10-15H,2,4-5,8-9H2,1H3,(H,24,27)(H,25,26). The molecule has 150 valence electrons.